The Kier molecular flexibility index (Phi) is 2.34. The number of hydrogen-bond donors (Lipinski definition) is 2. The van der Waals surface area contributed by atoms with Crippen LogP contribution in [-0.2, 0) is 14.3 Å². The molecule has 2 heterocycles. The summed E-state index contributed by atoms with van der Waals surface area (Å²) in [4.78, 5) is 22.2. The predicted molar refractivity (Wildman–Crippen MR) is 53.0 cm³/mol. The number of carbonyl (C=O) groups is 2. The fraction of sp³-hybridized carbons (Fsp3) is 0.800. The number of fused-ring (bicyclic) bond motifs is 1. The number of alkyl carbamates (subject to hydrolysis) is 1. The Morgan fingerprint density at radius 1 is 1.50 bits per heavy atom. The van der Waals surface area contributed by atoms with Crippen molar-refractivity contribution >= 4 is 12.1 Å². The Balaban J connectivity index is 2.10. The number of methoxy groups -OCH3 is 1. The molecule has 16 heavy (non-hydrogen) atoms. The maximum absolute atomic E-state index is 11.1. The standard InChI is InChI=1S/C10H15NO5/c1-9-3-10(4-9,5-16-9)6(7(12)13)11-8(14)15-2/h6H,3-5H2,1-2H3,(H,11,14)(H,12,13). The van der Waals surface area contributed by atoms with E-state index in [1.165, 1.54) is 7.11 Å². The zero-order valence-electron chi connectivity index (χ0n) is 9.28. The molecule has 0 aromatic carbocycles. The normalized spacial score (nSPS) is 37.4. The fourth-order valence-corrected chi connectivity index (χ4v) is 2.90. The SMILES string of the molecule is COC(=O)NC(C(=O)O)C12COC(C)(C1)C2. The number of rotatable bonds is 3. The second-order valence-electron chi connectivity index (χ2n) is 4.86. The van der Waals surface area contributed by atoms with E-state index in [0.717, 1.165) is 0 Å². The minimum Gasteiger partial charge on any atom is -0.480 e. The summed E-state index contributed by atoms with van der Waals surface area (Å²) in [6.45, 7) is 2.33. The van der Waals surface area contributed by atoms with Gasteiger partial charge in [0.25, 0.3) is 0 Å². The molecule has 6 heteroatoms. The molecule has 0 spiro atoms. The van der Waals surface area contributed by atoms with Gasteiger partial charge in [-0.05, 0) is 19.8 Å². The number of amides is 1. The first kappa shape index (κ1) is 11.2. The van der Waals surface area contributed by atoms with Gasteiger partial charge in [-0.1, -0.05) is 0 Å². The Hall–Kier alpha value is -1.30. The first-order chi connectivity index (χ1) is 7.41. The molecule has 0 aromatic rings. The summed E-state index contributed by atoms with van der Waals surface area (Å²) < 4.78 is 9.93. The molecule has 3 fully saturated rings. The molecule has 3 rings (SSSR count). The number of aliphatic carboxylic acids is 1. The van der Waals surface area contributed by atoms with Crippen molar-refractivity contribution < 1.29 is 24.2 Å². The molecule has 90 valence electrons. The van der Waals surface area contributed by atoms with Crippen LogP contribution in [0.3, 0.4) is 0 Å². The highest BCUT2D eigenvalue weighted by Gasteiger charge is 2.65. The van der Waals surface area contributed by atoms with Crippen LogP contribution in [0.25, 0.3) is 0 Å². The molecule has 3 aliphatic rings. The van der Waals surface area contributed by atoms with Crippen LogP contribution in [0.4, 0.5) is 4.79 Å². The summed E-state index contributed by atoms with van der Waals surface area (Å²) in [6.07, 6.45) is 0.615. The zero-order valence-corrected chi connectivity index (χ0v) is 9.28. The average molecular weight is 229 g/mol. The van der Waals surface area contributed by atoms with Crippen molar-refractivity contribution in [2.24, 2.45) is 5.41 Å². The van der Waals surface area contributed by atoms with Gasteiger partial charge in [0.1, 0.15) is 6.04 Å². The summed E-state index contributed by atoms with van der Waals surface area (Å²) in [5.41, 5.74) is -0.666. The third-order valence-electron chi connectivity index (χ3n) is 3.47. The Morgan fingerprint density at radius 3 is 2.50 bits per heavy atom. The lowest BCUT2D eigenvalue weighted by Gasteiger charge is -2.45. The quantitative estimate of drug-likeness (QED) is 0.730. The van der Waals surface area contributed by atoms with Gasteiger partial charge in [-0.2, -0.15) is 0 Å². The Morgan fingerprint density at radius 2 is 2.12 bits per heavy atom. The number of ether oxygens (including phenoxy) is 2. The molecular weight excluding hydrogens is 214 g/mol. The van der Waals surface area contributed by atoms with Gasteiger partial charge in [0.15, 0.2) is 0 Å². The molecule has 1 amide bonds. The number of carbonyl (C=O) groups excluding carboxylic acids is 1. The number of carboxylic acid groups (broad SMARTS) is 1. The second kappa shape index (κ2) is 3.35. The van der Waals surface area contributed by atoms with Crippen LogP contribution >= 0.6 is 0 Å². The van der Waals surface area contributed by atoms with Gasteiger partial charge < -0.3 is 19.9 Å². The Labute approximate surface area is 92.9 Å². The van der Waals surface area contributed by atoms with E-state index in [9.17, 15) is 9.59 Å². The smallest absolute Gasteiger partial charge is 0.407 e. The molecule has 1 atom stereocenters. The van der Waals surface area contributed by atoms with E-state index in [1.54, 1.807) is 0 Å². The number of hydrogen-bond acceptors (Lipinski definition) is 4. The minimum atomic E-state index is -1.04. The fourth-order valence-electron chi connectivity index (χ4n) is 2.90. The molecule has 1 unspecified atom stereocenters. The topological polar surface area (TPSA) is 84.9 Å². The number of carboxylic acids is 1. The minimum absolute atomic E-state index is 0.203. The maximum Gasteiger partial charge on any atom is 0.407 e. The summed E-state index contributed by atoms with van der Waals surface area (Å²) in [5, 5.41) is 11.5. The van der Waals surface area contributed by atoms with E-state index < -0.39 is 23.5 Å². The summed E-state index contributed by atoms with van der Waals surface area (Å²) >= 11 is 0. The van der Waals surface area contributed by atoms with Gasteiger partial charge in [0.05, 0.1) is 19.3 Å². The molecule has 0 aromatic heterocycles. The van der Waals surface area contributed by atoms with Crippen LogP contribution in [0.2, 0.25) is 0 Å². The van der Waals surface area contributed by atoms with Crippen LogP contribution in [0, 0.1) is 5.41 Å². The molecule has 2 bridgehead atoms. The molecule has 1 aliphatic carbocycles. The highest BCUT2D eigenvalue weighted by atomic mass is 16.5. The lowest BCUT2D eigenvalue weighted by Crippen LogP contribution is -2.59. The van der Waals surface area contributed by atoms with Crippen molar-refractivity contribution in [3.8, 4) is 0 Å². The van der Waals surface area contributed by atoms with Crippen LogP contribution in [0.1, 0.15) is 19.8 Å². The first-order valence-electron chi connectivity index (χ1n) is 5.12. The average Bonchev–Trinajstić information content (AvgIpc) is 2.67. The third-order valence-corrected chi connectivity index (χ3v) is 3.47. The van der Waals surface area contributed by atoms with E-state index in [4.69, 9.17) is 9.84 Å². The lowest BCUT2D eigenvalue weighted by molar-refractivity contribution is -0.144. The van der Waals surface area contributed by atoms with Crippen molar-refractivity contribution in [3.63, 3.8) is 0 Å². The third kappa shape index (κ3) is 1.53. The summed E-state index contributed by atoms with van der Waals surface area (Å²) in [6, 6.07) is -0.935. The molecule has 0 radical (unpaired) electrons. The largest absolute Gasteiger partial charge is 0.480 e. The number of nitrogens with one attached hydrogen (secondary N) is 1. The zero-order chi connectivity index (χ0) is 12.0. The van der Waals surface area contributed by atoms with Gasteiger partial charge >= 0.3 is 12.1 Å². The maximum atomic E-state index is 11.1. The second-order valence-corrected chi connectivity index (χ2v) is 4.86. The summed E-state index contributed by atoms with van der Waals surface area (Å²) in [5.74, 6) is -1.04. The first-order valence-corrected chi connectivity index (χ1v) is 5.12. The van der Waals surface area contributed by atoms with E-state index >= 15 is 0 Å². The molecular formula is C10H15NO5. The lowest BCUT2D eigenvalue weighted by atomic mass is 9.59. The molecule has 6 nitrogen and oxygen atoms in total. The molecule has 1 saturated carbocycles. The van der Waals surface area contributed by atoms with Crippen molar-refractivity contribution in [2.75, 3.05) is 13.7 Å². The molecule has 2 N–H and O–H groups in total. The van der Waals surface area contributed by atoms with Gasteiger partial charge in [0, 0.05) is 5.41 Å². The summed E-state index contributed by atoms with van der Waals surface area (Å²) in [7, 11) is 1.21. The van der Waals surface area contributed by atoms with Crippen molar-refractivity contribution in [1.29, 1.82) is 0 Å². The van der Waals surface area contributed by atoms with Gasteiger partial charge in [-0.25, -0.2) is 9.59 Å². The predicted octanol–water partition coefficient (Wildman–Crippen LogP) is 0.365. The van der Waals surface area contributed by atoms with Crippen LogP contribution < -0.4 is 5.32 Å². The van der Waals surface area contributed by atoms with Crippen molar-refractivity contribution in [1.82, 2.24) is 5.32 Å². The van der Waals surface area contributed by atoms with E-state index in [2.05, 4.69) is 10.1 Å². The van der Waals surface area contributed by atoms with Gasteiger partial charge in [0.2, 0.25) is 0 Å². The highest BCUT2D eigenvalue weighted by molar-refractivity contribution is 5.81. The van der Waals surface area contributed by atoms with Crippen LogP contribution in [-0.4, -0.2) is 42.5 Å². The van der Waals surface area contributed by atoms with Gasteiger partial charge in [-0.15, -0.1) is 0 Å². The monoisotopic (exact) mass is 229 g/mol. The van der Waals surface area contributed by atoms with E-state index in [0.29, 0.717) is 19.4 Å². The van der Waals surface area contributed by atoms with Crippen LogP contribution in [0.15, 0.2) is 0 Å². The van der Waals surface area contributed by atoms with Gasteiger partial charge in [-0.3, -0.25) is 0 Å². The van der Waals surface area contributed by atoms with Crippen molar-refractivity contribution in [2.45, 2.75) is 31.4 Å². The molecule has 2 saturated heterocycles. The van der Waals surface area contributed by atoms with E-state index in [-0.39, 0.29) is 5.60 Å². The molecule has 2 aliphatic heterocycles. The van der Waals surface area contributed by atoms with E-state index in [1.807, 2.05) is 6.92 Å². The highest BCUT2D eigenvalue weighted by Crippen LogP contribution is 2.59. The van der Waals surface area contributed by atoms with Crippen LogP contribution in [0.5, 0.6) is 0 Å². The van der Waals surface area contributed by atoms with Crippen molar-refractivity contribution in [3.05, 3.63) is 0 Å². The Bertz CT molecular complexity index is 334.